The lowest BCUT2D eigenvalue weighted by atomic mass is 9.77. The summed E-state index contributed by atoms with van der Waals surface area (Å²) in [6, 6.07) is 12.5. The third kappa shape index (κ3) is 5.29. The molecule has 1 aliphatic rings. The van der Waals surface area contributed by atoms with Crippen molar-refractivity contribution < 1.29 is 22.3 Å². The maximum Gasteiger partial charge on any atom is 0.201 e. The Morgan fingerprint density at radius 3 is 1.91 bits per heavy atom. The highest BCUT2D eigenvalue weighted by Gasteiger charge is 2.26. The summed E-state index contributed by atoms with van der Waals surface area (Å²) in [6.07, 6.45) is 7.78. The van der Waals surface area contributed by atoms with Crippen molar-refractivity contribution in [1.29, 1.82) is 0 Å². The molecular formula is C30H30F4O. The van der Waals surface area contributed by atoms with E-state index in [-0.39, 0.29) is 29.4 Å². The van der Waals surface area contributed by atoms with Gasteiger partial charge in [0.05, 0.1) is 6.61 Å². The van der Waals surface area contributed by atoms with E-state index >= 15 is 8.78 Å². The van der Waals surface area contributed by atoms with E-state index in [0.717, 1.165) is 38.5 Å². The Bertz CT molecular complexity index is 1180. The quantitative estimate of drug-likeness (QED) is 0.230. The molecule has 0 bridgehead atoms. The molecule has 0 unspecified atom stereocenters. The van der Waals surface area contributed by atoms with Gasteiger partial charge < -0.3 is 4.74 Å². The van der Waals surface area contributed by atoms with Crippen LogP contribution in [-0.4, -0.2) is 6.61 Å². The van der Waals surface area contributed by atoms with Gasteiger partial charge in [-0.25, -0.2) is 13.2 Å². The van der Waals surface area contributed by atoms with Gasteiger partial charge in [-0.2, -0.15) is 4.39 Å². The number of hydrogen-bond acceptors (Lipinski definition) is 1. The van der Waals surface area contributed by atoms with E-state index in [1.54, 1.807) is 43.3 Å². The number of allylic oxidation sites excluding steroid dienone is 1. The standard InChI is InChI=1S/C30H30F4O/c1-3-5-6-19-7-9-20(10-8-19)23-15-16-24(28(32)27(23)31)21-11-13-22(14-12-21)25-17-18-26(35-4-2)30(34)29(25)33/h3,11-20H,1,4-10H2,2H3. The summed E-state index contributed by atoms with van der Waals surface area (Å²) in [4.78, 5) is 0. The highest BCUT2D eigenvalue weighted by atomic mass is 19.2. The van der Waals surface area contributed by atoms with Gasteiger partial charge in [0.1, 0.15) is 0 Å². The van der Waals surface area contributed by atoms with Gasteiger partial charge in [0.2, 0.25) is 5.82 Å². The molecule has 1 fully saturated rings. The molecule has 35 heavy (non-hydrogen) atoms. The fourth-order valence-corrected chi connectivity index (χ4v) is 5.07. The lowest BCUT2D eigenvalue weighted by molar-refractivity contribution is 0.306. The van der Waals surface area contributed by atoms with Crippen LogP contribution in [0.4, 0.5) is 17.6 Å². The molecule has 0 N–H and O–H groups in total. The third-order valence-corrected chi connectivity index (χ3v) is 7.03. The fraction of sp³-hybridized carbons (Fsp3) is 0.333. The Morgan fingerprint density at radius 2 is 1.34 bits per heavy atom. The maximum atomic E-state index is 15.1. The number of benzene rings is 3. The largest absolute Gasteiger partial charge is 0.491 e. The van der Waals surface area contributed by atoms with Gasteiger partial charge in [-0.3, -0.25) is 0 Å². The first-order valence-corrected chi connectivity index (χ1v) is 12.2. The van der Waals surface area contributed by atoms with E-state index < -0.39 is 23.3 Å². The van der Waals surface area contributed by atoms with Crippen LogP contribution >= 0.6 is 0 Å². The molecule has 1 nitrogen and oxygen atoms in total. The first-order chi connectivity index (χ1) is 16.9. The maximum absolute atomic E-state index is 15.1. The van der Waals surface area contributed by atoms with E-state index in [1.165, 1.54) is 12.1 Å². The molecule has 0 spiro atoms. The van der Waals surface area contributed by atoms with Gasteiger partial charge in [0, 0.05) is 11.1 Å². The Kier molecular flexibility index (Phi) is 7.94. The highest BCUT2D eigenvalue weighted by molar-refractivity contribution is 5.71. The fourth-order valence-electron chi connectivity index (χ4n) is 5.07. The van der Waals surface area contributed by atoms with Gasteiger partial charge in [0.15, 0.2) is 23.2 Å². The summed E-state index contributed by atoms with van der Waals surface area (Å²) in [5, 5.41) is 0. The molecule has 0 heterocycles. The van der Waals surface area contributed by atoms with E-state index in [1.807, 2.05) is 6.08 Å². The lowest BCUT2D eigenvalue weighted by Gasteiger charge is -2.29. The summed E-state index contributed by atoms with van der Waals surface area (Å²) in [5.41, 5.74) is 1.56. The van der Waals surface area contributed by atoms with Crippen LogP contribution in [0.2, 0.25) is 0 Å². The topological polar surface area (TPSA) is 9.23 Å². The Hall–Kier alpha value is -3.08. The van der Waals surface area contributed by atoms with Crippen LogP contribution < -0.4 is 4.74 Å². The number of ether oxygens (including phenoxy) is 1. The second-order valence-electron chi connectivity index (χ2n) is 9.16. The minimum absolute atomic E-state index is 0.0263. The zero-order valence-corrected chi connectivity index (χ0v) is 19.9. The number of halogens is 4. The van der Waals surface area contributed by atoms with Crippen molar-refractivity contribution in [1.82, 2.24) is 0 Å². The SMILES string of the molecule is C=CCCC1CCC(c2ccc(-c3ccc(-c4ccc(OCC)c(F)c4F)cc3)c(F)c2F)CC1. The summed E-state index contributed by atoms with van der Waals surface area (Å²) >= 11 is 0. The second kappa shape index (κ2) is 11.1. The smallest absolute Gasteiger partial charge is 0.201 e. The molecule has 0 saturated heterocycles. The lowest BCUT2D eigenvalue weighted by Crippen LogP contribution is -2.15. The van der Waals surface area contributed by atoms with Gasteiger partial charge >= 0.3 is 0 Å². The zero-order chi connectivity index (χ0) is 24.9. The molecule has 5 heteroatoms. The molecule has 4 rings (SSSR count). The molecule has 0 aliphatic heterocycles. The van der Waals surface area contributed by atoms with Gasteiger partial charge in [-0.1, -0.05) is 42.5 Å². The summed E-state index contributed by atoms with van der Waals surface area (Å²) in [6.45, 7) is 5.68. The van der Waals surface area contributed by atoms with Gasteiger partial charge in [0.25, 0.3) is 0 Å². The van der Waals surface area contributed by atoms with Crippen LogP contribution in [0.15, 0.2) is 61.2 Å². The zero-order valence-electron chi connectivity index (χ0n) is 19.9. The van der Waals surface area contributed by atoms with Crippen LogP contribution in [0.3, 0.4) is 0 Å². The molecule has 184 valence electrons. The highest BCUT2D eigenvalue weighted by Crippen LogP contribution is 2.40. The van der Waals surface area contributed by atoms with Crippen molar-refractivity contribution in [3.05, 3.63) is 90.0 Å². The average molecular weight is 483 g/mol. The molecule has 3 aromatic rings. The number of hydrogen-bond donors (Lipinski definition) is 0. The first kappa shape index (κ1) is 25.0. The van der Waals surface area contributed by atoms with Gasteiger partial charge in [-0.05, 0) is 86.1 Å². The van der Waals surface area contributed by atoms with Crippen molar-refractivity contribution in [3.8, 4) is 28.0 Å². The van der Waals surface area contributed by atoms with E-state index in [0.29, 0.717) is 22.6 Å². The molecule has 3 aromatic carbocycles. The van der Waals surface area contributed by atoms with E-state index in [4.69, 9.17) is 4.74 Å². The molecular weight excluding hydrogens is 452 g/mol. The molecule has 1 saturated carbocycles. The van der Waals surface area contributed by atoms with Crippen LogP contribution in [0.25, 0.3) is 22.3 Å². The van der Waals surface area contributed by atoms with Crippen molar-refractivity contribution in [2.24, 2.45) is 5.92 Å². The predicted octanol–water partition coefficient (Wildman–Crippen LogP) is 9.22. The van der Waals surface area contributed by atoms with Crippen LogP contribution in [-0.2, 0) is 0 Å². The summed E-state index contributed by atoms with van der Waals surface area (Å²) in [5.74, 6) is -3.21. The van der Waals surface area contributed by atoms with Crippen LogP contribution in [0.1, 0.15) is 56.9 Å². The second-order valence-corrected chi connectivity index (χ2v) is 9.16. The monoisotopic (exact) mass is 482 g/mol. The Morgan fingerprint density at radius 1 is 0.771 bits per heavy atom. The van der Waals surface area contributed by atoms with Crippen molar-refractivity contribution in [2.45, 2.75) is 51.4 Å². The van der Waals surface area contributed by atoms with Gasteiger partial charge in [-0.15, -0.1) is 6.58 Å². The third-order valence-electron chi connectivity index (χ3n) is 7.03. The van der Waals surface area contributed by atoms with E-state index in [2.05, 4.69) is 6.58 Å². The predicted molar refractivity (Wildman–Crippen MR) is 132 cm³/mol. The normalized spacial score (nSPS) is 17.9. The van der Waals surface area contributed by atoms with Crippen molar-refractivity contribution in [2.75, 3.05) is 6.61 Å². The van der Waals surface area contributed by atoms with Crippen LogP contribution in [0.5, 0.6) is 5.75 Å². The Labute approximate surface area is 204 Å². The summed E-state index contributed by atoms with van der Waals surface area (Å²) < 4.78 is 64.1. The van der Waals surface area contributed by atoms with E-state index in [9.17, 15) is 8.78 Å². The number of rotatable bonds is 8. The molecule has 0 aromatic heterocycles. The summed E-state index contributed by atoms with van der Waals surface area (Å²) in [7, 11) is 0. The minimum atomic E-state index is -1.05. The van der Waals surface area contributed by atoms with Crippen molar-refractivity contribution >= 4 is 0 Å². The first-order valence-electron chi connectivity index (χ1n) is 12.2. The Balaban J connectivity index is 1.53. The van der Waals surface area contributed by atoms with Crippen molar-refractivity contribution in [3.63, 3.8) is 0 Å². The molecule has 0 amide bonds. The molecule has 1 aliphatic carbocycles. The minimum Gasteiger partial charge on any atom is -0.491 e. The molecule has 0 atom stereocenters. The average Bonchev–Trinajstić information content (AvgIpc) is 2.88. The molecule has 0 radical (unpaired) electrons. The van der Waals surface area contributed by atoms with Crippen LogP contribution in [0, 0.1) is 29.2 Å².